The highest BCUT2D eigenvalue weighted by Gasteiger charge is 2.31. The first-order valence-electron chi connectivity index (χ1n) is 5.71. The minimum Gasteiger partial charge on any atom is -0.312 e. The normalized spacial score (nSPS) is 23.8. The smallest absolute Gasteiger partial charge is 0.0205 e. The molecule has 0 bridgehead atoms. The Morgan fingerprint density at radius 1 is 1.40 bits per heavy atom. The highest BCUT2D eigenvalue weighted by molar-refractivity contribution is 5.64. The maximum Gasteiger partial charge on any atom is 0.0205 e. The van der Waals surface area contributed by atoms with E-state index in [0.29, 0.717) is 0 Å². The van der Waals surface area contributed by atoms with Crippen molar-refractivity contribution in [1.29, 1.82) is 0 Å². The zero-order valence-corrected chi connectivity index (χ0v) is 9.37. The van der Waals surface area contributed by atoms with Gasteiger partial charge < -0.3 is 5.32 Å². The van der Waals surface area contributed by atoms with Crippen LogP contribution >= 0.6 is 0 Å². The molecule has 0 amide bonds. The summed E-state index contributed by atoms with van der Waals surface area (Å²) >= 11 is 0. The molecule has 1 nitrogen and oxygen atoms in total. The Hall–Kier alpha value is -1.08. The van der Waals surface area contributed by atoms with Crippen molar-refractivity contribution in [2.75, 3.05) is 13.1 Å². The van der Waals surface area contributed by atoms with Crippen molar-refractivity contribution in [3.8, 4) is 0 Å². The van der Waals surface area contributed by atoms with Gasteiger partial charge in [-0.1, -0.05) is 43.8 Å². The molecule has 0 heterocycles. The molecule has 1 aromatic rings. The fourth-order valence-corrected chi connectivity index (χ4v) is 1.87. The highest BCUT2D eigenvalue weighted by atomic mass is 14.9. The topological polar surface area (TPSA) is 12.0 Å². The Kier molecular flexibility index (Phi) is 3.22. The van der Waals surface area contributed by atoms with Gasteiger partial charge in [-0.2, -0.15) is 0 Å². The van der Waals surface area contributed by atoms with Gasteiger partial charge in [-0.25, -0.2) is 0 Å². The molecule has 0 aliphatic heterocycles. The van der Waals surface area contributed by atoms with Crippen molar-refractivity contribution in [2.45, 2.75) is 13.3 Å². The van der Waals surface area contributed by atoms with Crippen LogP contribution in [0.5, 0.6) is 0 Å². The van der Waals surface area contributed by atoms with Crippen LogP contribution in [0.2, 0.25) is 0 Å². The SMILES string of the molecule is C=C(CNCC1CC1C)c1ccccc1. The van der Waals surface area contributed by atoms with E-state index in [4.69, 9.17) is 0 Å². The lowest BCUT2D eigenvalue weighted by molar-refractivity contribution is 0.651. The lowest BCUT2D eigenvalue weighted by atomic mass is 10.1. The third-order valence-electron chi connectivity index (χ3n) is 3.20. The van der Waals surface area contributed by atoms with E-state index in [0.717, 1.165) is 24.9 Å². The third-order valence-corrected chi connectivity index (χ3v) is 3.20. The molecule has 1 fully saturated rings. The molecule has 80 valence electrons. The zero-order valence-electron chi connectivity index (χ0n) is 9.37. The molecule has 2 unspecified atom stereocenters. The van der Waals surface area contributed by atoms with Crippen molar-refractivity contribution < 1.29 is 0 Å². The first-order valence-corrected chi connectivity index (χ1v) is 5.71. The number of benzene rings is 1. The lowest BCUT2D eigenvalue weighted by Gasteiger charge is -2.07. The van der Waals surface area contributed by atoms with Gasteiger partial charge >= 0.3 is 0 Å². The Bertz CT molecular complexity index is 328. The van der Waals surface area contributed by atoms with Crippen LogP contribution in [0.15, 0.2) is 36.9 Å². The van der Waals surface area contributed by atoms with Crippen molar-refractivity contribution >= 4 is 5.57 Å². The summed E-state index contributed by atoms with van der Waals surface area (Å²) in [6, 6.07) is 10.4. The summed E-state index contributed by atoms with van der Waals surface area (Å²) in [6.45, 7) is 8.47. The van der Waals surface area contributed by atoms with Crippen LogP contribution in [0, 0.1) is 11.8 Å². The van der Waals surface area contributed by atoms with Gasteiger partial charge in [-0.3, -0.25) is 0 Å². The molecule has 0 spiro atoms. The number of hydrogen-bond acceptors (Lipinski definition) is 1. The maximum atomic E-state index is 4.10. The molecule has 1 aliphatic rings. The summed E-state index contributed by atoms with van der Waals surface area (Å²) in [7, 11) is 0. The summed E-state index contributed by atoms with van der Waals surface area (Å²) in [5, 5.41) is 3.48. The second-order valence-corrected chi connectivity index (χ2v) is 4.57. The molecule has 2 rings (SSSR count). The van der Waals surface area contributed by atoms with E-state index < -0.39 is 0 Å². The van der Waals surface area contributed by atoms with Crippen LogP contribution in [-0.4, -0.2) is 13.1 Å². The zero-order chi connectivity index (χ0) is 10.7. The van der Waals surface area contributed by atoms with E-state index in [1.807, 2.05) is 6.07 Å². The van der Waals surface area contributed by atoms with E-state index in [2.05, 4.69) is 43.1 Å². The minimum absolute atomic E-state index is 0.910. The second-order valence-electron chi connectivity index (χ2n) is 4.57. The molecule has 0 radical (unpaired) electrons. The van der Waals surface area contributed by atoms with E-state index in [9.17, 15) is 0 Å². The van der Waals surface area contributed by atoms with Gasteiger partial charge in [0, 0.05) is 6.54 Å². The maximum absolute atomic E-state index is 4.10. The Labute approximate surface area is 92.2 Å². The molecule has 1 heteroatoms. The van der Waals surface area contributed by atoms with Crippen molar-refractivity contribution in [2.24, 2.45) is 11.8 Å². The molecule has 0 saturated heterocycles. The third kappa shape index (κ3) is 2.93. The lowest BCUT2D eigenvalue weighted by Crippen LogP contribution is -2.19. The Morgan fingerprint density at radius 2 is 2.07 bits per heavy atom. The molecular weight excluding hydrogens is 182 g/mol. The summed E-state index contributed by atoms with van der Waals surface area (Å²) in [5.74, 6) is 1.84. The summed E-state index contributed by atoms with van der Waals surface area (Å²) < 4.78 is 0. The van der Waals surface area contributed by atoms with Crippen molar-refractivity contribution in [3.05, 3.63) is 42.5 Å². The molecule has 1 aliphatic carbocycles. The molecule has 15 heavy (non-hydrogen) atoms. The van der Waals surface area contributed by atoms with Gasteiger partial charge in [-0.05, 0) is 35.9 Å². The average molecular weight is 201 g/mol. The van der Waals surface area contributed by atoms with Crippen LogP contribution in [0.25, 0.3) is 5.57 Å². The first-order chi connectivity index (χ1) is 7.27. The number of hydrogen-bond donors (Lipinski definition) is 1. The molecular formula is C14H19N. The number of rotatable bonds is 5. The van der Waals surface area contributed by atoms with Crippen LogP contribution in [0.3, 0.4) is 0 Å². The largest absolute Gasteiger partial charge is 0.312 e. The van der Waals surface area contributed by atoms with Crippen LogP contribution in [0.1, 0.15) is 18.9 Å². The summed E-state index contributed by atoms with van der Waals surface area (Å²) in [4.78, 5) is 0. The quantitative estimate of drug-likeness (QED) is 0.772. The molecule has 2 atom stereocenters. The van der Waals surface area contributed by atoms with Crippen LogP contribution in [-0.2, 0) is 0 Å². The fourth-order valence-electron chi connectivity index (χ4n) is 1.87. The van der Waals surface area contributed by atoms with Crippen molar-refractivity contribution in [3.63, 3.8) is 0 Å². The van der Waals surface area contributed by atoms with E-state index >= 15 is 0 Å². The molecule has 0 aromatic heterocycles. The molecule has 1 N–H and O–H groups in total. The van der Waals surface area contributed by atoms with E-state index in [-0.39, 0.29) is 0 Å². The standard InChI is InChI=1S/C14H19N/c1-11-8-14(11)10-15-9-12(2)13-6-4-3-5-7-13/h3-7,11,14-15H,2,8-10H2,1H3. The first kappa shape index (κ1) is 10.4. The van der Waals surface area contributed by atoms with Crippen LogP contribution < -0.4 is 5.32 Å². The van der Waals surface area contributed by atoms with Crippen LogP contribution in [0.4, 0.5) is 0 Å². The van der Waals surface area contributed by atoms with Gasteiger partial charge in [0.15, 0.2) is 0 Å². The Morgan fingerprint density at radius 3 is 2.67 bits per heavy atom. The average Bonchev–Trinajstić information content (AvgIpc) is 2.96. The number of nitrogens with one attached hydrogen (secondary N) is 1. The highest BCUT2D eigenvalue weighted by Crippen LogP contribution is 2.36. The van der Waals surface area contributed by atoms with Gasteiger partial charge in [0.1, 0.15) is 0 Å². The van der Waals surface area contributed by atoms with E-state index in [1.165, 1.54) is 17.6 Å². The Balaban J connectivity index is 1.73. The summed E-state index contributed by atoms with van der Waals surface area (Å²) in [5.41, 5.74) is 2.43. The van der Waals surface area contributed by atoms with Gasteiger partial charge in [0.25, 0.3) is 0 Å². The monoisotopic (exact) mass is 201 g/mol. The molecule has 1 saturated carbocycles. The van der Waals surface area contributed by atoms with Gasteiger partial charge in [0.05, 0.1) is 0 Å². The summed E-state index contributed by atoms with van der Waals surface area (Å²) in [6.07, 6.45) is 1.39. The van der Waals surface area contributed by atoms with E-state index in [1.54, 1.807) is 0 Å². The van der Waals surface area contributed by atoms with Crippen molar-refractivity contribution in [1.82, 2.24) is 5.32 Å². The predicted molar refractivity (Wildman–Crippen MR) is 65.6 cm³/mol. The minimum atomic E-state index is 0.910. The fraction of sp³-hybridized carbons (Fsp3) is 0.429. The van der Waals surface area contributed by atoms with Gasteiger partial charge in [0.2, 0.25) is 0 Å². The second kappa shape index (κ2) is 4.63. The van der Waals surface area contributed by atoms with Gasteiger partial charge in [-0.15, -0.1) is 0 Å². The molecule has 1 aromatic carbocycles. The predicted octanol–water partition coefficient (Wildman–Crippen LogP) is 2.95.